The molecular formula is C13H18N2O5S. The lowest BCUT2D eigenvalue weighted by Crippen LogP contribution is -2.37. The maximum Gasteiger partial charge on any atom is 0.307 e. The predicted octanol–water partition coefficient (Wildman–Crippen LogP) is 0.0224. The number of carboxylic acids is 1. The molecule has 0 bridgehead atoms. The van der Waals surface area contributed by atoms with Gasteiger partial charge < -0.3 is 10.0 Å². The summed E-state index contributed by atoms with van der Waals surface area (Å²) in [5.74, 6) is -1.32. The molecule has 1 N–H and O–H groups in total. The van der Waals surface area contributed by atoms with Gasteiger partial charge in [-0.25, -0.2) is 8.42 Å². The molecule has 8 heteroatoms. The highest BCUT2D eigenvalue weighted by Crippen LogP contribution is 2.15. The van der Waals surface area contributed by atoms with Crippen LogP contribution >= 0.6 is 0 Å². The molecule has 0 aromatic heterocycles. The summed E-state index contributed by atoms with van der Waals surface area (Å²) in [5.41, 5.74) is 0.508. The molecule has 0 unspecified atom stereocenters. The van der Waals surface area contributed by atoms with Gasteiger partial charge in [-0.2, -0.15) is 4.31 Å². The molecule has 0 aliphatic rings. The Balaban J connectivity index is 2.92. The van der Waals surface area contributed by atoms with Crippen molar-refractivity contribution >= 4 is 21.9 Å². The third-order valence-electron chi connectivity index (χ3n) is 2.84. The largest absolute Gasteiger partial charge is 0.481 e. The van der Waals surface area contributed by atoms with Gasteiger partial charge in [-0.3, -0.25) is 9.59 Å². The molecule has 0 saturated heterocycles. The number of carbonyl (C=O) groups excluding carboxylic acids is 1. The molecule has 0 heterocycles. The summed E-state index contributed by atoms with van der Waals surface area (Å²) in [5, 5.41) is 8.67. The van der Waals surface area contributed by atoms with Crippen LogP contribution in [-0.4, -0.2) is 62.3 Å². The molecule has 1 rings (SSSR count). The summed E-state index contributed by atoms with van der Waals surface area (Å²) in [6.07, 6.45) is -0.171. The highest BCUT2D eigenvalue weighted by atomic mass is 32.2. The molecule has 0 fully saturated rings. The first kappa shape index (κ1) is 17.1. The summed E-state index contributed by atoms with van der Waals surface area (Å²) in [6, 6.07) is 5.57. The molecule has 0 aliphatic heterocycles. The number of nitrogens with zero attached hydrogens (tertiary/aromatic N) is 2. The molecule has 0 aliphatic carbocycles. The Morgan fingerprint density at radius 2 is 1.62 bits per heavy atom. The van der Waals surface area contributed by atoms with Gasteiger partial charge in [0.15, 0.2) is 0 Å². The van der Waals surface area contributed by atoms with Gasteiger partial charge in [0.25, 0.3) is 0 Å². The number of aliphatic carboxylic acids is 1. The average Bonchev–Trinajstić information content (AvgIpc) is 2.38. The van der Waals surface area contributed by atoms with Crippen molar-refractivity contribution in [2.75, 3.05) is 27.7 Å². The summed E-state index contributed by atoms with van der Waals surface area (Å²) < 4.78 is 25.5. The van der Waals surface area contributed by atoms with E-state index in [4.69, 9.17) is 5.11 Å². The van der Waals surface area contributed by atoms with E-state index in [9.17, 15) is 18.0 Å². The first-order chi connectivity index (χ1) is 9.64. The molecule has 0 spiro atoms. The van der Waals surface area contributed by atoms with Crippen LogP contribution in [0, 0.1) is 0 Å². The maximum absolute atomic E-state index is 12.3. The molecule has 21 heavy (non-hydrogen) atoms. The second-order valence-electron chi connectivity index (χ2n) is 4.76. The summed E-state index contributed by atoms with van der Waals surface area (Å²) in [6.45, 7) is -0.258. The number of likely N-dealkylation sites (N-methyl/N-ethyl adjacent to an activating group) is 2. The van der Waals surface area contributed by atoms with Crippen molar-refractivity contribution in [3.8, 4) is 0 Å². The van der Waals surface area contributed by atoms with Crippen LogP contribution in [0.3, 0.4) is 0 Å². The molecule has 1 aromatic carbocycles. The van der Waals surface area contributed by atoms with Gasteiger partial charge in [0, 0.05) is 21.1 Å². The molecule has 0 atom stereocenters. The zero-order valence-electron chi connectivity index (χ0n) is 12.1. The van der Waals surface area contributed by atoms with Crippen LogP contribution in [0.2, 0.25) is 0 Å². The fourth-order valence-electron chi connectivity index (χ4n) is 1.55. The van der Waals surface area contributed by atoms with E-state index in [2.05, 4.69) is 0 Å². The zero-order valence-corrected chi connectivity index (χ0v) is 12.9. The standard InChI is InChI=1S/C13H18N2O5S/c1-14(2)12(16)9-15(3)21(19,20)11-6-4-10(5-7-11)8-13(17)18/h4-7H,8-9H2,1-3H3,(H,17,18). The zero-order chi connectivity index (χ0) is 16.2. The topological polar surface area (TPSA) is 95.0 Å². The van der Waals surface area contributed by atoms with Crippen LogP contribution in [0.1, 0.15) is 5.56 Å². The van der Waals surface area contributed by atoms with Crippen molar-refractivity contribution in [1.82, 2.24) is 9.21 Å². The summed E-state index contributed by atoms with van der Waals surface area (Å²) in [4.78, 5) is 23.5. The van der Waals surface area contributed by atoms with Gasteiger partial charge in [-0.15, -0.1) is 0 Å². The first-order valence-electron chi connectivity index (χ1n) is 6.12. The van der Waals surface area contributed by atoms with Crippen LogP contribution in [0.4, 0.5) is 0 Å². The van der Waals surface area contributed by atoms with Crippen molar-refractivity contribution < 1.29 is 23.1 Å². The quantitative estimate of drug-likeness (QED) is 0.799. The number of rotatable bonds is 6. The third-order valence-corrected chi connectivity index (χ3v) is 4.66. The Hall–Kier alpha value is -1.93. The van der Waals surface area contributed by atoms with Crippen molar-refractivity contribution in [1.29, 1.82) is 0 Å². The Morgan fingerprint density at radius 1 is 1.10 bits per heavy atom. The first-order valence-corrected chi connectivity index (χ1v) is 7.56. The van der Waals surface area contributed by atoms with Crippen LogP contribution in [0.25, 0.3) is 0 Å². The fraction of sp³-hybridized carbons (Fsp3) is 0.385. The monoisotopic (exact) mass is 314 g/mol. The second-order valence-corrected chi connectivity index (χ2v) is 6.81. The van der Waals surface area contributed by atoms with Crippen LogP contribution in [0.15, 0.2) is 29.2 Å². The van der Waals surface area contributed by atoms with E-state index < -0.39 is 16.0 Å². The average molecular weight is 314 g/mol. The predicted molar refractivity (Wildman–Crippen MR) is 76.3 cm³/mol. The highest BCUT2D eigenvalue weighted by molar-refractivity contribution is 7.89. The second kappa shape index (κ2) is 6.68. The van der Waals surface area contributed by atoms with Crippen LogP contribution < -0.4 is 0 Å². The van der Waals surface area contributed by atoms with E-state index in [0.717, 1.165) is 4.31 Å². The molecule has 0 radical (unpaired) electrons. The van der Waals surface area contributed by atoms with E-state index in [1.54, 1.807) is 14.1 Å². The van der Waals surface area contributed by atoms with Gasteiger partial charge in [0.05, 0.1) is 17.9 Å². The summed E-state index contributed by atoms with van der Waals surface area (Å²) in [7, 11) is 0.637. The van der Waals surface area contributed by atoms with Crippen molar-refractivity contribution in [3.05, 3.63) is 29.8 Å². The number of carbonyl (C=O) groups is 2. The third kappa shape index (κ3) is 4.54. The van der Waals surface area contributed by atoms with E-state index >= 15 is 0 Å². The molecule has 7 nitrogen and oxygen atoms in total. The van der Waals surface area contributed by atoms with E-state index in [-0.39, 0.29) is 23.8 Å². The number of sulfonamides is 1. The van der Waals surface area contributed by atoms with Gasteiger partial charge in [-0.05, 0) is 17.7 Å². The fourth-order valence-corrected chi connectivity index (χ4v) is 2.67. The van der Waals surface area contributed by atoms with Gasteiger partial charge >= 0.3 is 5.97 Å². The van der Waals surface area contributed by atoms with E-state index in [1.165, 1.54) is 36.2 Å². The number of benzene rings is 1. The summed E-state index contributed by atoms with van der Waals surface area (Å²) >= 11 is 0. The Morgan fingerprint density at radius 3 is 2.05 bits per heavy atom. The van der Waals surface area contributed by atoms with Gasteiger partial charge in [0.1, 0.15) is 0 Å². The lowest BCUT2D eigenvalue weighted by Gasteiger charge is -2.19. The number of amides is 1. The Kier molecular flexibility index (Phi) is 5.45. The normalized spacial score (nSPS) is 11.4. The van der Waals surface area contributed by atoms with E-state index in [0.29, 0.717) is 5.56 Å². The molecular weight excluding hydrogens is 296 g/mol. The Labute approximate surface area is 123 Å². The number of carboxylic acid groups (broad SMARTS) is 1. The van der Waals surface area contributed by atoms with E-state index in [1.807, 2.05) is 0 Å². The number of hydrogen-bond donors (Lipinski definition) is 1. The maximum atomic E-state index is 12.3. The Bertz CT molecular complexity index is 622. The lowest BCUT2D eigenvalue weighted by molar-refractivity contribution is -0.136. The molecule has 1 amide bonds. The number of hydrogen-bond acceptors (Lipinski definition) is 4. The molecule has 1 aromatic rings. The lowest BCUT2D eigenvalue weighted by atomic mass is 10.2. The van der Waals surface area contributed by atoms with Crippen molar-refractivity contribution in [2.24, 2.45) is 0 Å². The SMILES string of the molecule is CN(C)C(=O)CN(C)S(=O)(=O)c1ccc(CC(=O)O)cc1. The smallest absolute Gasteiger partial charge is 0.307 e. The van der Waals surface area contributed by atoms with Crippen molar-refractivity contribution in [3.63, 3.8) is 0 Å². The van der Waals surface area contributed by atoms with Crippen LogP contribution in [-0.2, 0) is 26.0 Å². The minimum atomic E-state index is -3.77. The highest BCUT2D eigenvalue weighted by Gasteiger charge is 2.23. The van der Waals surface area contributed by atoms with Gasteiger partial charge in [0.2, 0.25) is 15.9 Å². The molecule has 0 saturated carbocycles. The minimum Gasteiger partial charge on any atom is -0.481 e. The minimum absolute atomic E-state index is 0.0192. The van der Waals surface area contributed by atoms with Crippen LogP contribution in [0.5, 0.6) is 0 Å². The van der Waals surface area contributed by atoms with Gasteiger partial charge in [-0.1, -0.05) is 12.1 Å². The van der Waals surface area contributed by atoms with Crippen molar-refractivity contribution in [2.45, 2.75) is 11.3 Å². The molecule has 116 valence electrons.